The van der Waals surface area contributed by atoms with Gasteiger partial charge in [-0.05, 0) is 77.9 Å². The van der Waals surface area contributed by atoms with Crippen molar-refractivity contribution in [2.75, 3.05) is 10.2 Å². The van der Waals surface area contributed by atoms with E-state index in [1.807, 2.05) is 23.5 Å². The van der Waals surface area contributed by atoms with Crippen molar-refractivity contribution in [3.63, 3.8) is 0 Å². The molecule has 12 aromatic rings. The number of nitrogens with one attached hydrogen (secondary N) is 1. The number of para-hydroxylation sites is 3. The number of hydrogen-bond acceptors (Lipinski definition) is 5. The fourth-order valence-corrected chi connectivity index (χ4v) is 10.6. The molecule has 6 heteroatoms. The van der Waals surface area contributed by atoms with E-state index in [-0.39, 0.29) is 0 Å². The van der Waals surface area contributed by atoms with Gasteiger partial charge < -0.3 is 23.9 Å². The van der Waals surface area contributed by atoms with Gasteiger partial charge in [-0.2, -0.15) is 0 Å². The number of ether oxygens (including phenoxy) is 1. The Hall–Kier alpha value is -7.80. The van der Waals surface area contributed by atoms with E-state index in [0.717, 1.165) is 78.3 Å². The Morgan fingerprint density at radius 3 is 2.07 bits per heavy atom. The van der Waals surface area contributed by atoms with Crippen molar-refractivity contribution in [1.29, 1.82) is 0 Å². The van der Waals surface area contributed by atoms with Crippen LogP contribution >= 0.6 is 11.3 Å². The highest BCUT2D eigenvalue weighted by atomic mass is 32.1. The zero-order chi connectivity index (χ0) is 40.0. The molecular formula is C55H35N3O2S. The molecule has 61 heavy (non-hydrogen) atoms. The summed E-state index contributed by atoms with van der Waals surface area (Å²) in [5.74, 6) is 0.778. The van der Waals surface area contributed by atoms with Crippen molar-refractivity contribution in [2.24, 2.45) is 0 Å². The molecule has 1 aliphatic rings. The third kappa shape index (κ3) is 5.26. The summed E-state index contributed by atoms with van der Waals surface area (Å²) in [6.45, 7) is 0. The number of thiophene rings is 1. The van der Waals surface area contributed by atoms with E-state index in [1.165, 1.54) is 36.5 Å². The van der Waals surface area contributed by atoms with Gasteiger partial charge in [0.15, 0.2) is 11.8 Å². The van der Waals surface area contributed by atoms with Crippen LogP contribution in [0.2, 0.25) is 0 Å². The van der Waals surface area contributed by atoms with Gasteiger partial charge in [-0.15, -0.1) is 11.3 Å². The average Bonchev–Trinajstić information content (AvgIpc) is 4.10. The molecule has 0 amide bonds. The lowest BCUT2D eigenvalue weighted by Gasteiger charge is -2.28. The summed E-state index contributed by atoms with van der Waals surface area (Å²) in [6.07, 6.45) is -0.415. The summed E-state index contributed by atoms with van der Waals surface area (Å²) in [5.41, 5.74) is 12.3. The second kappa shape index (κ2) is 13.4. The highest BCUT2D eigenvalue weighted by Gasteiger charge is 2.34. The Kier molecular flexibility index (Phi) is 7.47. The SMILES string of the molecule is c1ccc(-c2ccc(C3Nc4c(cc5c(oc6ccccc65)c4N(c4ccc5c(c4)c4ccccc4n5-c4ccccc4)c4cccc5sc6ccccc6c45)O3)cc2)cc1. The zero-order valence-electron chi connectivity index (χ0n) is 32.7. The first-order chi connectivity index (χ1) is 30.2. The van der Waals surface area contributed by atoms with Crippen LogP contribution in [0.3, 0.4) is 0 Å². The number of benzene rings is 9. The van der Waals surface area contributed by atoms with E-state index in [9.17, 15) is 0 Å². The minimum atomic E-state index is -0.415. The molecule has 13 rings (SSSR count). The third-order valence-electron chi connectivity index (χ3n) is 12.2. The Labute approximate surface area is 354 Å². The molecule has 1 aliphatic heterocycles. The number of furan rings is 1. The van der Waals surface area contributed by atoms with Gasteiger partial charge in [-0.3, -0.25) is 0 Å². The largest absolute Gasteiger partial charge is 0.464 e. The van der Waals surface area contributed by atoms with Gasteiger partial charge in [-0.25, -0.2) is 0 Å². The van der Waals surface area contributed by atoms with Crippen LogP contribution in [0.15, 0.2) is 205 Å². The van der Waals surface area contributed by atoms with Gasteiger partial charge >= 0.3 is 0 Å². The first-order valence-electron chi connectivity index (χ1n) is 20.6. The molecule has 0 fully saturated rings. The van der Waals surface area contributed by atoms with Crippen LogP contribution < -0.4 is 15.0 Å². The molecule has 1 atom stereocenters. The van der Waals surface area contributed by atoms with E-state index < -0.39 is 6.23 Å². The van der Waals surface area contributed by atoms with Crippen molar-refractivity contribution in [3.05, 3.63) is 206 Å². The summed E-state index contributed by atoms with van der Waals surface area (Å²) in [7, 11) is 0. The average molecular weight is 802 g/mol. The van der Waals surface area contributed by atoms with Crippen molar-refractivity contribution >= 4 is 98.0 Å². The molecule has 0 aliphatic carbocycles. The van der Waals surface area contributed by atoms with Crippen molar-refractivity contribution in [3.8, 4) is 22.6 Å². The minimum absolute atomic E-state index is 0.415. The maximum absolute atomic E-state index is 7.00. The van der Waals surface area contributed by atoms with Crippen LogP contribution in [-0.4, -0.2) is 4.57 Å². The van der Waals surface area contributed by atoms with Gasteiger partial charge in [0.2, 0.25) is 0 Å². The molecule has 0 bridgehead atoms. The van der Waals surface area contributed by atoms with Gasteiger partial charge in [0.25, 0.3) is 0 Å². The quantitative estimate of drug-likeness (QED) is 0.182. The van der Waals surface area contributed by atoms with E-state index in [2.05, 4.69) is 203 Å². The van der Waals surface area contributed by atoms with Crippen LogP contribution in [0.5, 0.6) is 5.75 Å². The molecule has 1 unspecified atom stereocenters. The number of hydrogen-bond donors (Lipinski definition) is 1. The number of fused-ring (bicyclic) bond motifs is 10. The summed E-state index contributed by atoms with van der Waals surface area (Å²) in [5, 5.41) is 10.7. The Morgan fingerprint density at radius 2 is 1.21 bits per heavy atom. The van der Waals surface area contributed by atoms with E-state index in [4.69, 9.17) is 9.15 Å². The van der Waals surface area contributed by atoms with Crippen LogP contribution in [0.25, 0.3) is 80.7 Å². The fourth-order valence-electron chi connectivity index (χ4n) is 9.47. The maximum atomic E-state index is 7.00. The second-order valence-electron chi connectivity index (χ2n) is 15.7. The first kappa shape index (κ1) is 34.1. The maximum Gasteiger partial charge on any atom is 0.196 e. The van der Waals surface area contributed by atoms with Gasteiger partial charge in [0.05, 0.1) is 16.7 Å². The molecule has 0 radical (unpaired) electrons. The van der Waals surface area contributed by atoms with E-state index in [1.54, 1.807) is 0 Å². The van der Waals surface area contributed by atoms with Crippen LogP contribution in [0.4, 0.5) is 22.7 Å². The molecule has 5 nitrogen and oxygen atoms in total. The molecular weight excluding hydrogens is 767 g/mol. The lowest BCUT2D eigenvalue weighted by molar-refractivity contribution is 0.260. The zero-order valence-corrected chi connectivity index (χ0v) is 33.6. The number of aromatic nitrogens is 1. The van der Waals surface area contributed by atoms with Crippen LogP contribution in [-0.2, 0) is 0 Å². The smallest absolute Gasteiger partial charge is 0.196 e. The van der Waals surface area contributed by atoms with E-state index >= 15 is 0 Å². The summed E-state index contributed by atoms with van der Waals surface area (Å²) in [4.78, 5) is 2.41. The highest BCUT2D eigenvalue weighted by molar-refractivity contribution is 7.26. The standard InChI is InChI=1S/C55H35N3O2S/c1-3-14-34(15-4-1)35-26-28-36(29-27-35)55-56-52-48(60-55)33-43-40-19-8-11-23-47(40)59-54(43)53(52)58(46-22-13-25-50-51(46)41-20-9-12-24-49(41)61-50)38-30-31-45-42(32-38)39-18-7-10-21-44(39)57(45)37-16-5-2-6-17-37/h1-33,55-56H. The predicted octanol–water partition coefficient (Wildman–Crippen LogP) is 15.7. The third-order valence-corrected chi connectivity index (χ3v) is 13.4. The number of nitrogens with zero attached hydrogens (tertiary/aromatic N) is 2. The molecule has 0 saturated carbocycles. The Bertz CT molecular complexity index is 3660. The molecule has 0 saturated heterocycles. The van der Waals surface area contributed by atoms with Gasteiger partial charge in [0, 0.05) is 58.7 Å². The van der Waals surface area contributed by atoms with Crippen LogP contribution in [0, 0.1) is 0 Å². The summed E-state index contributed by atoms with van der Waals surface area (Å²) >= 11 is 1.83. The Balaban J connectivity index is 1.08. The summed E-state index contributed by atoms with van der Waals surface area (Å²) < 4.78 is 18.8. The molecule has 9 aromatic carbocycles. The monoisotopic (exact) mass is 801 g/mol. The van der Waals surface area contributed by atoms with E-state index in [0.29, 0.717) is 0 Å². The topological polar surface area (TPSA) is 42.6 Å². The summed E-state index contributed by atoms with van der Waals surface area (Å²) in [6, 6.07) is 71.3. The molecule has 3 aromatic heterocycles. The van der Waals surface area contributed by atoms with Gasteiger partial charge in [0.1, 0.15) is 22.7 Å². The van der Waals surface area contributed by atoms with Gasteiger partial charge in [-0.1, -0.05) is 133 Å². The molecule has 0 spiro atoms. The fraction of sp³-hybridized carbons (Fsp3) is 0.0182. The normalized spacial score (nSPS) is 13.7. The lowest BCUT2D eigenvalue weighted by Crippen LogP contribution is -2.14. The number of rotatable bonds is 6. The predicted molar refractivity (Wildman–Crippen MR) is 255 cm³/mol. The Morgan fingerprint density at radius 1 is 0.525 bits per heavy atom. The second-order valence-corrected chi connectivity index (χ2v) is 16.8. The van der Waals surface area contributed by atoms with Crippen molar-refractivity contribution in [2.45, 2.75) is 6.23 Å². The molecule has 1 N–H and O–H groups in total. The first-order valence-corrected chi connectivity index (χ1v) is 21.4. The molecule has 4 heterocycles. The van der Waals surface area contributed by atoms with Crippen molar-refractivity contribution < 1.29 is 9.15 Å². The minimum Gasteiger partial charge on any atom is -0.464 e. The molecule has 288 valence electrons. The van der Waals surface area contributed by atoms with Crippen LogP contribution in [0.1, 0.15) is 11.8 Å². The van der Waals surface area contributed by atoms with Crippen molar-refractivity contribution in [1.82, 2.24) is 4.57 Å². The number of anilines is 4. The lowest BCUT2D eigenvalue weighted by atomic mass is 10.0. The highest BCUT2D eigenvalue weighted by Crippen LogP contribution is 2.56.